The molecule has 13 heavy (non-hydrogen) atoms. The molecule has 0 aromatic carbocycles. The van der Waals surface area contributed by atoms with Gasteiger partial charge in [0.25, 0.3) is 0 Å². The van der Waals surface area contributed by atoms with Crippen molar-refractivity contribution >= 4 is 29.3 Å². The van der Waals surface area contributed by atoms with Crippen LogP contribution in [0.5, 0.6) is 0 Å². The summed E-state index contributed by atoms with van der Waals surface area (Å²) in [5, 5.41) is 4.35. The molecule has 0 aliphatic rings. The summed E-state index contributed by atoms with van der Waals surface area (Å²) in [7, 11) is 1.79. The van der Waals surface area contributed by atoms with Crippen molar-refractivity contribution in [3.8, 4) is 0 Å². The van der Waals surface area contributed by atoms with E-state index in [0.29, 0.717) is 11.0 Å². The van der Waals surface area contributed by atoms with Crippen molar-refractivity contribution in [2.75, 3.05) is 18.1 Å². The monoisotopic (exact) mass is 217 g/mol. The normalized spacial score (nSPS) is 10.1. The first-order chi connectivity index (χ1) is 6.27. The van der Waals surface area contributed by atoms with Gasteiger partial charge < -0.3 is 5.32 Å². The lowest BCUT2D eigenvalue weighted by molar-refractivity contribution is 1.04. The van der Waals surface area contributed by atoms with Crippen molar-refractivity contribution in [3.63, 3.8) is 0 Å². The number of halogens is 1. The van der Waals surface area contributed by atoms with E-state index in [0.717, 1.165) is 17.2 Å². The van der Waals surface area contributed by atoms with E-state index in [1.54, 1.807) is 25.0 Å². The molecular weight excluding hydrogens is 206 g/mol. The summed E-state index contributed by atoms with van der Waals surface area (Å²) in [5.74, 6) is 1.64. The highest BCUT2D eigenvalue weighted by molar-refractivity contribution is 7.99. The molecule has 0 aliphatic carbocycles. The SMILES string of the molecule is CCCSc1nc(NC)ncc1Cl. The molecule has 72 valence electrons. The average molecular weight is 218 g/mol. The molecule has 0 atom stereocenters. The fourth-order valence-electron chi connectivity index (χ4n) is 0.772. The highest BCUT2D eigenvalue weighted by Gasteiger charge is 2.03. The van der Waals surface area contributed by atoms with E-state index >= 15 is 0 Å². The van der Waals surface area contributed by atoms with Crippen LogP contribution in [0, 0.1) is 0 Å². The van der Waals surface area contributed by atoms with Crippen LogP contribution in [0.1, 0.15) is 13.3 Å². The van der Waals surface area contributed by atoms with Gasteiger partial charge >= 0.3 is 0 Å². The Morgan fingerprint density at radius 3 is 3.00 bits per heavy atom. The van der Waals surface area contributed by atoms with E-state index in [2.05, 4.69) is 22.2 Å². The first-order valence-electron chi connectivity index (χ1n) is 4.11. The van der Waals surface area contributed by atoms with Gasteiger partial charge in [-0.05, 0) is 12.2 Å². The Kier molecular flexibility index (Phi) is 4.32. The Hall–Kier alpha value is -0.480. The van der Waals surface area contributed by atoms with Crippen molar-refractivity contribution in [2.45, 2.75) is 18.4 Å². The van der Waals surface area contributed by atoms with Gasteiger partial charge in [0.1, 0.15) is 5.03 Å². The van der Waals surface area contributed by atoms with E-state index in [1.165, 1.54) is 0 Å². The van der Waals surface area contributed by atoms with Crippen LogP contribution in [0.3, 0.4) is 0 Å². The van der Waals surface area contributed by atoms with Crippen molar-refractivity contribution in [3.05, 3.63) is 11.2 Å². The van der Waals surface area contributed by atoms with Gasteiger partial charge in [-0.3, -0.25) is 0 Å². The van der Waals surface area contributed by atoms with Crippen LogP contribution in [0.15, 0.2) is 11.2 Å². The number of nitrogens with zero attached hydrogens (tertiary/aromatic N) is 2. The zero-order chi connectivity index (χ0) is 9.68. The summed E-state index contributed by atoms with van der Waals surface area (Å²) in [6.45, 7) is 2.13. The Morgan fingerprint density at radius 2 is 2.38 bits per heavy atom. The molecule has 0 aliphatic heterocycles. The second-order valence-corrected chi connectivity index (χ2v) is 3.94. The molecule has 1 aromatic rings. The first-order valence-corrected chi connectivity index (χ1v) is 5.47. The maximum Gasteiger partial charge on any atom is 0.223 e. The van der Waals surface area contributed by atoms with E-state index in [9.17, 15) is 0 Å². The lowest BCUT2D eigenvalue weighted by atomic mass is 10.6. The molecule has 5 heteroatoms. The predicted molar refractivity (Wildman–Crippen MR) is 57.6 cm³/mol. The van der Waals surface area contributed by atoms with Crippen molar-refractivity contribution in [2.24, 2.45) is 0 Å². The van der Waals surface area contributed by atoms with Gasteiger partial charge in [0.05, 0.1) is 11.2 Å². The topological polar surface area (TPSA) is 37.8 Å². The van der Waals surface area contributed by atoms with Gasteiger partial charge in [-0.2, -0.15) is 0 Å². The molecule has 1 aromatic heterocycles. The summed E-state index contributed by atoms with van der Waals surface area (Å²) < 4.78 is 0. The molecule has 3 nitrogen and oxygen atoms in total. The maximum atomic E-state index is 5.92. The van der Waals surface area contributed by atoms with Crippen LogP contribution >= 0.6 is 23.4 Å². The second-order valence-electron chi connectivity index (χ2n) is 2.45. The van der Waals surface area contributed by atoms with E-state index in [1.807, 2.05) is 0 Å². The molecule has 0 saturated carbocycles. The highest BCUT2D eigenvalue weighted by Crippen LogP contribution is 2.25. The van der Waals surface area contributed by atoms with E-state index in [4.69, 9.17) is 11.6 Å². The Labute approximate surface area is 87.3 Å². The smallest absolute Gasteiger partial charge is 0.223 e. The van der Waals surface area contributed by atoms with Gasteiger partial charge in [0, 0.05) is 7.05 Å². The van der Waals surface area contributed by atoms with Gasteiger partial charge in [-0.25, -0.2) is 9.97 Å². The summed E-state index contributed by atoms with van der Waals surface area (Å²) in [5.41, 5.74) is 0. The summed E-state index contributed by atoms with van der Waals surface area (Å²) >= 11 is 7.57. The molecule has 0 bridgehead atoms. The fourth-order valence-corrected chi connectivity index (χ4v) is 1.77. The lowest BCUT2D eigenvalue weighted by Gasteiger charge is -2.03. The summed E-state index contributed by atoms with van der Waals surface area (Å²) in [6.07, 6.45) is 2.73. The number of hydrogen-bond donors (Lipinski definition) is 1. The molecule has 0 spiro atoms. The first kappa shape index (κ1) is 10.6. The Morgan fingerprint density at radius 1 is 1.62 bits per heavy atom. The third-order valence-electron chi connectivity index (χ3n) is 1.38. The molecule has 1 rings (SSSR count). The third kappa shape index (κ3) is 3.04. The number of aromatic nitrogens is 2. The maximum absolute atomic E-state index is 5.92. The van der Waals surface area contributed by atoms with Crippen LogP contribution in [0.25, 0.3) is 0 Å². The molecule has 1 heterocycles. The standard InChI is InChI=1S/C8H12ClN3S/c1-3-4-13-7-6(9)5-11-8(10-2)12-7/h5H,3-4H2,1-2H3,(H,10,11,12). The van der Waals surface area contributed by atoms with Gasteiger partial charge in [0.15, 0.2) is 0 Å². The number of hydrogen-bond acceptors (Lipinski definition) is 4. The summed E-state index contributed by atoms with van der Waals surface area (Å²) in [4.78, 5) is 8.24. The minimum absolute atomic E-state index is 0.614. The number of nitrogens with one attached hydrogen (secondary N) is 1. The van der Waals surface area contributed by atoms with Crippen molar-refractivity contribution in [1.29, 1.82) is 0 Å². The molecule has 0 unspecified atom stereocenters. The molecule has 0 saturated heterocycles. The fraction of sp³-hybridized carbons (Fsp3) is 0.500. The lowest BCUT2D eigenvalue weighted by Crippen LogP contribution is -1.97. The Balaban J connectivity index is 2.78. The van der Waals surface area contributed by atoms with Crippen LogP contribution in [-0.4, -0.2) is 22.8 Å². The van der Waals surface area contributed by atoms with Crippen LogP contribution in [0.4, 0.5) is 5.95 Å². The number of rotatable bonds is 4. The molecule has 1 N–H and O–H groups in total. The van der Waals surface area contributed by atoms with E-state index < -0.39 is 0 Å². The van der Waals surface area contributed by atoms with Gasteiger partial charge in [-0.15, -0.1) is 11.8 Å². The molecular formula is C8H12ClN3S. The van der Waals surface area contributed by atoms with Crippen molar-refractivity contribution in [1.82, 2.24) is 9.97 Å². The zero-order valence-electron chi connectivity index (χ0n) is 7.67. The van der Waals surface area contributed by atoms with Crippen LogP contribution in [0.2, 0.25) is 5.02 Å². The minimum Gasteiger partial charge on any atom is -0.357 e. The van der Waals surface area contributed by atoms with Crippen molar-refractivity contribution < 1.29 is 0 Å². The molecule has 0 amide bonds. The van der Waals surface area contributed by atoms with Gasteiger partial charge in [0.2, 0.25) is 5.95 Å². The largest absolute Gasteiger partial charge is 0.357 e. The zero-order valence-corrected chi connectivity index (χ0v) is 9.24. The third-order valence-corrected chi connectivity index (χ3v) is 2.96. The Bertz CT molecular complexity index is 280. The van der Waals surface area contributed by atoms with Crippen LogP contribution in [-0.2, 0) is 0 Å². The van der Waals surface area contributed by atoms with Crippen LogP contribution < -0.4 is 5.32 Å². The predicted octanol–water partition coefficient (Wildman–Crippen LogP) is 2.67. The van der Waals surface area contributed by atoms with Gasteiger partial charge in [-0.1, -0.05) is 18.5 Å². The minimum atomic E-state index is 0.614. The second kappa shape index (κ2) is 5.29. The number of thioether (sulfide) groups is 1. The highest BCUT2D eigenvalue weighted by atomic mass is 35.5. The van der Waals surface area contributed by atoms with E-state index in [-0.39, 0.29) is 0 Å². The quantitative estimate of drug-likeness (QED) is 0.622. The summed E-state index contributed by atoms with van der Waals surface area (Å²) in [6, 6.07) is 0. The molecule has 0 fully saturated rings. The average Bonchev–Trinajstić information content (AvgIpc) is 2.17. The molecule has 0 radical (unpaired) electrons. The number of anilines is 1.